The number of anilines is 3. The van der Waals surface area contributed by atoms with Crippen molar-refractivity contribution in [2.24, 2.45) is 7.05 Å². The van der Waals surface area contributed by atoms with Gasteiger partial charge in [-0.15, -0.1) is 0 Å². The summed E-state index contributed by atoms with van der Waals surface area (Å²) in [5, 5.41) is 7.17. The van der Waals surface area contributed by atoms with Gasteiger partial charge in [-0.05, 0) is 23.8 Å². The van der Waals surface area contributed by atoms with E-state index in [0.29, 0.717) is 17.2 Å². The highest BCUT2D eigenvalue weighted by molar-refractivity contribution is 7.91. The van der Waals surface area contributed by atoms with Crippen molar-refractivity contribution in [3.05, 3.63) is 78.9 Å². The van der Waals surface area contributed by atoms with E-state index in [1.165, 1.54) is 0 Å². The fourth-order valence-corrected chi connectivity index (χ4v) is 3.93. The normalized spacial score (nSPS) is 11.2. The van der Waals surface area contributed by atoms with Gasteiger partial charge in [0, 0.05) is 31.2 Å². The number of aryl methyl sites for hydroxylation is 1. The molecule has 4 aromatic rings. The van der Waals surface area contributed by atoms with Crippen molar-refractivity contribution in [1.82, 2.24) is 24.7 Å². The molecule has 30 heavy (non-hydrogen) atoms. The van der Waals surface area contributed by atoms with Gasteiger partial charge in [-0.2, -0.15) is 5.10 Å². The van der Waals surface area contributed by atoms with Gasteiger partial charge in [-0.3, -0.25) is 9.40 Å². The molecule has 4 rings (SSSR count). The summed E-state index contributed by atoms with van der Waals surface area (Å²) < 4.78 is 28.9. The van der Waals surface area contributed by atoms with Crippen LogP contribution >= 0.6 is 0 Å². The first-order chi connectivity index (χ1) is 14.5. The second-order valence-electron chi connectivity index (χ2n) is 6.57. The number of sulfonamides is 1. The number of nitrogens with zero attached hydrogens (tertiary/aromatic N) is 5. The molecule has 0 amide bonds. The Kier molecular flexibility index (Phi) is 5.40. The van der Waals surface area contributed by atoms with Gasteiger partial charge in [0.25, 0.3) is 0 Å². The molecular formula is C20H19N7O2S. The second kappa shape index (κ2) is 8.29. The number of pyridine rings is 1. The van der Waals surface area contributed by atoms with Crippen LogP contribution in [0.5, 0.6) is 0 Å². The highest BCUT2D eigenvalue weighted by Gasteiger charge is 2.13. The molecule has 3 aromatic heterocycles. The Morgan fingerprint density at radius 3 is 2.53 bits per heavy atom. The average Bonchev–Trinajstić information content (AvgIpc) is 3.13. The Balaban J connectivity index is 1.46. The van der Waals surface area contributed by atoms with E-state index < -0.39 is 10.0 Å². The van der Waals surface area contributed by atoms with Crippen molar-refractivity contribution in [3.63, 3.8) is 0 Å². The summed E-state index contributed by atoms with van der Waals surface area (Å²) in [5.41, 5.74) is 2.87. The monoisotopic (exact) mass is 421 g/mol. The third-order valence-electron chi connectivity index (χ3n) is 4.14. The summed E-state index contributed by atoms with van der Waals surface area (Å²) in [6.45, 7) is 0. The Bertz CT molecular complexity index is 1240. The van der Waals surface area contributed by atoms with Crippen LogP contribution in [0.4, 0.5) is 17.5 Å². The molecule has 0 aliphatic carbocycles. The largest absolute Gasteiger partial charge is 0.321 e. The third kappa shape index (κ3) is 4.97. The zero-order valence-electron chi connectivity index (χ0n) is 16.1. The quantitative estimate of drug-likeness (QED) is 0.471. The molecule has 9 nitrogen and oxygen atoms in total. The van der Waals surface area contributed by atoms with Crippen molar-refractivity contribution in [2.45, 2.75) is 5.75 Å². The van der Waals surface area contributed by atoms with Crippen molar-refractivity contribution in [1.29, 1.82) is 0 Å². The number of aromatic nitrogens is 5. The predicted molar refractivity (Wildman–Crippen MR) is 114 cm³/mol. The van der Waals surface area contributed by atoms with Crippen molar-refractivity contribution < 1.29 is 8.42 Å². The fraction of sp³-hybridized carbons (Fsp3) is 0.100. The minimum absolute atomic E-state index is 0.118. The first kappa shape index (κ1) is 19.5. The molecule has 0 saturated heterocycles. The molecular weight excluding hydrogens is 402 g/mol. The van der Waals surface area contributed by atoms with Crippen LogP contribution in [0.3, 0.4) is 0 Å². The van der Waals surface area contributed by atoms with Gasteiger partial charge in [0.1, 0.15) is 5.82 Å². The lowest BCUT2D eigenvalue weighted by atomic mass is 10.2. The van der Waals surface area contributed by atoms with Crippen LogP contribution in [-0.2, 0) is 22.8 Å². The van der Waals surface area contributed by atoms with E-state index in [-0.39, 0.29) is 11.6 Å². The minimum atomic E-state index is -3.56. The molecule has 0 spiro atoms. The van der Waals surface area contributed by atoms with Gasteiger partial charge >= 0.3 is 0 Å². The van der Waals surface area contributed by atoms with Gasteiger partial charge in [0.15, 0.2) is 0 Å². The van der Waals surface area contributed by atoms with Crippen LogP contribution < -0.4 is 10.0 Å². The highest BCUT2D eigenvalue weighted by Crippen LogP contribution is 2.20. The zero-order chi connectivity index (χ0) is 21.0. The fourth-order valence-electron chi connectivity index (χ4n) is 2.79. The molecule has 0 aliphatic heterocycles. The Labute approximate surface area is 173 Å². The van der Waals surface area contributed by atoms with Gasteiger partial charge < -0.3 is 5.32 Å². The predicted octanol–water partition coefficient (Wildman–Crippen LogP) is 2.96. The van der Waals surface area contributed by atoms with Crippen LogP contribution in [0.25, 0.3) is 11.3 Å². The molecule has 0 radical (unpaired) electrons. The first-order valence-corrected chi connectivity index (χ1v) is 10.7. The van der Waals surface area contributed by atoms with Crippen molar-refractivity contribution in [3.8, 4) is 11.3 Å². The SMILES string of the molecule is Cn1cc(Nc2nccc(-c3ccc(NS(=O)(=O)Cc4ccccc4)nc3)n2)cn1. The summed E-state index contributed by atoms with van der Waals surface area (Å²) in [6.07, 6.45) is 6.69. The van der Waals surface area contributed by atoms with Crippen LogP contribution in [0, 0.1) is 0 Å². The van der Waals surface area contributed by atoms with Crippen molar-refractivity contribution >= 4 is 27.5 Å². The van der Waals surface area contributed by atoms with Crippen LogP contribution in [0.2, 0.25) is 0 Å². The summed E-state index contributed by atoms with van der Waals surface area (Å²) in [6, 6.07) is 14.1. The lowest BCUT2D eigenvalue weighted by Gasteiger charge is -2.08. The molecule has 0 bridgehead atoms. The van der Waals surface area contributed by atoms with E-state index in [9.17, 15) is 8.42 Å². The molecule has 10 heteroatoms. The van der Waals surface area contributed by atoms with E-state index in [2.05, 4.69) is 30.1 Å². The zero-order valence-corrected chi connectivity index (χ0v) is 16.9. The first-order valence-electron chi connectivity index (χ1n) is 9.06. The number of benzene rings is 1. The van der Waals surface area contributed by atoms with Crippen LogP contribution in [0.1, 0.15) is 5.56 Å². The minimum Gasteiger partial charge on any atom is -0.321 e. The molecule has 1 aromatic carbocycles. The van der Waals surface area contributed by atoms with Gasteiger partial charge in [-0.1, -0.05) is 30.3 Å². The van der Waals surface area contributed by atoms with E-state index in [4.69, 9.17) is 0 Å². The van der Waals surface area contributed by atoms with E-state index >= 15 is 0 Å². The molecule has 0 fully saturated rings. The molecule has 0 atom stereocenters. The summed E-state index contributed by atoms with van der Waals surface area (Å²) in [7, 11) is -1.74. The molecule has 0 aliphatic rings. The number of nitrogens with one attached hydrogen (secondary N) is 2. The maximum absolute atomic E-state index is 12.4. The lowest BCUT2D eigenvalue weighted by molar-refractivity contribution is 0.600. The van der Waals surface area contributed by atoms with Gasteiger partial charge in [-0.25, -0.2) is 23.4 Å². The molecule has 3 heterocycles. The molecule has 0 saturated carbocycles. The number of rotatable bonds is 7. The molecule has 152 valence electrons. The highest BCUT2D eigenvalue weighted by atomic mass is 32.2. The number of hydrogen-bond acceptors (Lipinski definition) is 7. The summed E-state index contributed by atoms with van der Waals surface area (Å²) >= 11 is 0. The third-order valence-corrected chi connectivity index (χ3v) is 5.37. The number of hydrogen-bond donors (Lipinski definition) is 2. The van der Waals surface area contributed by atoms with Gasteiger partial charge in [0.2, 0.25) is 16.0 Å². The molecule has 0 unspecified atom stereocenters. The van der Waals surface area contributed by atoms with Crippen LogP contribution in [-0.4, -0.2) is 33.2 Å². The smallest absolute Gasteiger partial charge is 0.238 e. The summed E-state index contributed by atoms with van der Waals surface area (Å²) in [4.78, 5) is 12.9. The topological polar surface area (TPSA) is 115 Å². The summed E-state index contributed by atoms with van der Waals surface area (Å²) in [5.74, 6) is 0.553. The average molecular weight is 421 g/mol. The van der Waals surface area contributed by atoms with Crippen molar-refractivity contribution in [2.75, 3.05) is 10.0 Å². The Morgan fingerprint density at radius 2 is 1.83 bits per heavy atom. The van der Waals surface area contributed by atoms with E-state index in [0.717, 1.165) is 11.3 Å². The Morgan fingerprint density at radius 1 is 1.00 bits per heavy atom. The lowest BCUT2D eigenvalue weighted by Crippen LogP contribution is -2.15. The second-order valence-corrected chi connectivity index (χ2v) is 8.29. The van der Waals surface area contributed by atoms with Gasteiger partial charge in [0.05, 0.1) is 23.3 Å². The molecule has 2 N–H and O–H groups in total. The maximum Gasteiger partial charge on any atom is 0.238 e. The Hall–Kier alpha value is -3.79. The van der Waals surface area contributed by atoms with Crippen LogP contribution in [0.15, 0.2) is 73.3 Å². The van der Waals surface area contributed by atoms with E-state index in [1.807, 2.05) is 19.3 Å². The standard InChI is InChI=1S/C20H19N7O2S/c1-27-13-17(12-23-27)24-20-21-10-9-18(25-20)16-7-8-19(22-11-16)26-30(28,29)14-15-5-3-2-4-6-15/h2-13H,14H2,1H3,(H,22,26)(H,21,24,25). The maximum atomic E-state index is 12.4. The van der Waals surface area contributed by atoms with E-state index in [1.54, 1.807) is 65.7 Å².